The second-order valence-corrected chi connectivity index (χ2v) is 6.45. The molecule has 0 aliphatic rings. The van der Waals surface area contributed by atoms with Crippen LogP contribution >= 0.6 is 0 Å². The SMILES string of the molecule is Cc1cccc(NC(c2ccc(F)cc2)c2ccc3cccnc3c2O)[nH+]1. The number of halogens is 1. The van der Waals surface area contributed by atoms with Crippen molar-refractivity contribution in [2.24, 2.45) is 0 Å². The third-order valence-electron chi connectivity index (χ3n) is 4.53. The zero-order chi connectivity index (χ0) is 18.8. The molecule has 2 aromatic heterocycles. The first-order valence-electron chi connectivity index (χ1n) is 8.69. The number of phenolic OH excluding ortho intramolecular Hbond substituents is 1. The zero-order valence-electron chi connectivity index (χ0n) is 14.8. The predicted octanol–water partition coefficient (Wildman–Crippen LogP) is 4.40. The van der Waals surface area contributed by atoms with Gasteiger partial charge in [0, 0.05) is 28.8 Å². The molecule has 0 spiro atoms. The summed E-state index contributed by atoms with van der Waals surface area (Å²) in [6.07, 6.45) is 1.65. The Morgan fingerprint density at radius 3 is 2.59 bits per heavy atom. The molecule has 1 unspecified atom stereocenters. The van der Waals surface area contributed by atoms with Crippen LogP contribution in [0.2, 0.25) is 0 Å². The highest BCUT2D eigenvalue weighted by Crippen LogP contribution is 2.35. The number of hydrogen-bond acceptors (Lipinski definition) is 3. The van der Waals surface area contributed by atoms with Crippen LogP contribution in [-0.4, -0.2) is 10.1 Å². The molecule has 0 bridgehead atoms. The monoisotopic (exact) mass is 360 g/mol. The molecule has 0 aliphatic heterocycles. The Morgan fingerprint density at radius 2 is 1.81 bits per heavy atom. The van der Waals surface area contributed by atoms with E-state index in [-0.39, 0.29) is 17.6 Å². The number of aromatic nitrogens is 2. The number of hydrogen-bond donors (Lipinski definition) is 2. The van der Waals surface area contributed by atoms with Gasteiger partial charge in [-0.25, -0.2) is 9.37 Å². The van der Waals surface area contributed by atoms with E-state index < -0.39 is 0 Å². The molecule has 4 rings (SSSR count). The van der Waals surface area contributed by atoms with Crippen molar-refractivity contribution in [2.75, 3.05) is 5.32 Å². The number of nitrogens with zero attached hydrogens (tertiary/aromatic N) is 1. The van der Waals surface area contributed by atoms with Gasteiger partial charge < -0.3 is 5.11 Å². The lowest BCUT2D eigenvalue weighted by Crippen LogP contribution is -2.20. The van der Waals surface area contributed by atoms with Gasteiger partial charge in [0.1, 0.15) is 23.1 Å². The van der Waals surface area contributed by atoms with Crippen molar-refractivity contribution in [3.8, 4) is 5.75 Å². The maximum absolute atomic E-state index is 13.4. The van der Waals surface area contributed by atoms with Crippen LogP contribution in [-0.2, 0) is 0 Å². The van der Waals surface area contributed by atoms with Gasteiger partial charge in [-0.15, -0.1) is 0 Å². The molecule has 4 nitrogen and oxygen atoms in total. The second kappa shape index (κ2) is 7.03. The number of aryl methyl sites for hydroxylation is 1. The first-order chi connectivity index (χ1) is 13.1. The van der Waals surface area contributed by atoms with Crippen molar-refractivity contribution in [3.63, 3.8) is 0 Å². The molecule has 3 N–H and O–H groups in total. The third-order valence-corrected chi connectivity index (χ3v) is 4.53. The summed E-state index contributed by atoms with van der Waals surface area (Å²) in [7, 11) is 0. The molecule has 0 saturated carbocycles. The summed E-state index contributed by atoms with van der Waals surface area (Å²) < 4.78 is 13.4. The van der Waals surface area contributed by atoms with E-state index in [2.05, 4.69) is 15.3 Å². The zero-order valence-corrected chi connectivity index (χ0v) is 14.8. The molecule has 27 heavy (non-hydrogen) atoms. The average Bonchev–Trinajstić information content (AvgIpc) is 2.68. The van der Waals surface area contributed by atoms with Gasteiger partial charge in [0.05, 0.1) is 5.69 Å². The molecule has 0 fully saturated rings. The van der Waals surface area contributed by atoms with E-state index in [9.17, 15) is 9.50 Å². The van der Waals surface area contributed by atoms with Gasteiger partial charge >= 0.3 is 0 Å². The number of aromatic hydroxyl groups is 1. The highest BCUT2D eigenvalue weighted by atomic mass is 19.1. The molecule has 2 heterocycles. The Kier molecular flexibility index (Phi) is 4.42. The third kappa shape index (κ3) is 3.44. The highest BCUT2D eigenvalue weighted by Gasteiger charge is 2.24. The van der Waals surface area contributed by atoms with Gasteiger partial charge in [-0.2, -0.15) is 0 Å². The van der Waals surface area contributed by atoms with Gasteiger partial charge in [0.25, 0.3) is 5.82 Å². The number of nitrogens with one attached hydrogen (secondary N) is 2. The largest absolute Gasteiger partial charge is 0.505 e. The number of H-pyrrole nitrogens is 1. The Hall–Kier alpha value is -3.47. The first kappa shape index (κ1) is 17.0. The van der Waals surface area contributed by atoms with E-state index in [1.807, 2.05) is 49.4 Å². The predicted molar refractivity (Wildman–Crippen MR) is 103 cm³/mol. The van der Waals surface area contributed by atoms with Crippen LogP contribution in [0.3, 0.4) is 0 Å². The molecule has 1 atom stereocenters. The van der Waals surface area contributed by atoms with Gasteiger partial charge in [0.15, 0.2) is 0 Å². The molecule has 5 heteroatoms. The van der Waals surface area contributed by atoms with E-state index >= 15 is 0 Å². The lowest BCUT2D eigenvalue weighted by molar-refractivity contribution is -0.371. The quantitative estimate of drug-likeness (QED) is 0.567. The Bertz CT molecular complexity index is 1100. The number of rotatable bonds is 4. The Balaban J connectivity index is 1.84. The molecule has 4 aromatic rings. The van der Waals surface area contributed by atoms with Gasteiger partial charge in [-0.05, 0) is 37.3 Å². The van der Waals surface area contributed by atoms with E-state index in [4.69, 9.17) is 0 Å². The highest BCUT2D eigenvalue weighted by molar-refractivity contribution is 5.85. The molecule has 0 amide bonds. The summed E-state index contributed by atoms with van der Waals surface area (Å²) in [5.74, 6) is 0.608. The summed E-state index contributed by atoms with van der Waals surface area (Å²) in [6, 6.07) is 19.2. The van der Waals surface area contributed by atoms with E-state index in [1.54, 1.807) is 18.3 Å². The molecule has 0 aliphatic carbocycles. The second-order valence-electron chi connectivity index (χ2n) is 6.45. The van der Waals surface area contributed by atoms with Crippen LogP contribution in [0.5, 0.6) is 5.75 Å². The summed E-state index contributed by atoms with van der Waals surface area (Å²) in [5, 5.41) is 15.2. The van der Waals surface area contributed by atoms with Gasteiger partial charge in [-0.1, -0.05) is 30.3 Å². The number of phenols is 1. The van der Waals surface area contributed by atoms with Crippen LogP contribution < -0.4 is 10.3 Å². The molecular weight excluding hydrogens is 341 g/mol. The minimum absolute atomic E-state index is 0.113. The Morgan fingerprint density at radius 1 is 1.00 bits per heavy atom. The van der Waals surface area contributed by atoms with Crippen molar-refractivity contribution in [2.45, 2.75) is 13.0 Å². The fourth-order valence-electron chi connectivity index (χ4n) is 3.20. The number of aromatic amines is 1. The van der Waals surface area contributed by atoms with Crippen molar-refractivity contribution in [3.05, 3.63) is 95.6 Å². The number of anilines is 1. The van der Waals surface area contributed by atoms with Crippen molar-refractivity contribution >= 4 is 16.7 Å². The van der Waals surface area contributed by atoms with E-state index in [0.29, 0.717) is 11.1 Å². The number of benzene rings is 2. The fourth-order valence-corrected chi connectivity index (χ4v) is 3.20. The van der Waals surface area contributed by atoms with Crippen LogP contribution in [0.15, 0.2) is 72.9 Å². The maximum atomic E-state index is 13.4. The maximum Gasteiger partial charge on any atom is 0.273 e. The summed E-state index contributed by atoms with van der Waals surface area (Å²) >= 11 is 0. The number of pyridine rings is 2. The van der Waals surface area contributed by atoms with Gasteiger partial charge in [0.2, 0.25) is 0 Å². The van der Waals surface area contributed by atoms with Crippen LogP contribution in [0.1, 0.15) is 22.9 Å². The smallest absolute Gasteiger partial charge is 0.273 e. The average molecular weight is 360 g/mol. The van der Waals surface area contributed by atoms with E-state index in [1.165, 1.54) is 12.1 Å². The van der Waals surface area contributed by atoms with Crippen LogP contribution in [0.25, 0.3) is 10.9 Å². The number of fused-ring (bicyclic) bond motifs is 1. The standard InChI is InChI=1S/C22H18FN3O/c1-14-4-2-6-19(25-14)26-20(16-7-10-17(23)11-8-16)18-12-9-15-5-3-13-24-21(15)22(18)27/h2-13,20,27H,1H3,(H,25,26)/p+1. The van der Waals surface area contributed by atoms with Gasteiger partial charge in [-0.3, -0.25) is 10.3 Å². The molecule has 0 radical (unpaired) electrons. The fraction of sp³-hybridized carbons (Fsp3) is 0.0909. The van der Waals surface area contributed by atoms with Crippen molar-refractivity contribution in [1.82, 2.24) is 4.98 Å². The first-order valence-corrected chi connectivity index (χ1v) is 8.69. The lowest BCUT2D eigenvalue weighted by atomic mass is 9.96. The van der Waals surface area contributed by atoms with E-state index in [0.717, 1.165) is 22.5 Å². The van der Waals surface area contributed by atoms with Crippen molar-refractivity contribution < 1.29 is 14.5 Å². The topological polar surface area (TPSA) is 59.3 Å². The summed E-state index contributed by atoms with van der Waals surface area (Å²) in [4.78, 5) is 7.57. The minimum Gasteiger partial charge on any atom is -0.505 e. The summed E-state index contributed by atoms with van der Waals surface area (Å²) in [6.45, 7) is 1.97. The van der Waals surface area contributed by atoms with Crippen LogP contribution in [0.4, 0.5) is 10.2 Å². The molecular formula is C22H19FN3O+. The van der Waals surface area contributed by atoms with Crippen molar-refractivity contribution in [1.29, 1.82) is 0 Å². The molecule has 134 valence electrons. The molecule has 0 saturated heterocycles. The summed E-state index contributed by atoms with van der Waals surface area (Å²) in [5.41, 5.74) is 3.04. The molecule has 2 aromatic carbocycles. The minimum atomic E-state index is -0.380. The Labute approximate surface area is 156 Å². The lowest BCUT2D eigenvalue weighted by Gasteiger charge is -2.17. The van der Waals surface area contributed by atoms with Crippen LogP contribution in [0, 0.1) is 12.7 Å². The normalized spacial score (nSPS) is 12.1.